The van der Waals surface area contributed by atoms with Crippen LogP contribution in [0.2, 0.25) is 5.02 Å². The number of unbranched alkanes of at least 4 members (excludes halogenated alkanes) is 1. The minimum atomic E-state index is -0.436. The van der Waals surface area contributed by atoms with Crippen LogP contribution in [-0.4, -0.2) is 11.5 Å². The number of nitrogens with two attached hydrogens (primary N) is 2. The predicted molar refractivity (Wildman–Crippen MR) is 67.9 cm³/mol. The molecule has 0 heterocycles. The zero-order valence-electron chi connectivity index (χ0n) is 9.43. The summed E-state index contributed by atoms with van der Waals surface area (Å²) in [7, 11) is 0. The van der Waals surface area contributed by atoms with Gasteiger partial charge in [0, 0.05) is 22.7 Å². The highest BCUT2D eigenvalue weighted by molar-refractivity contribution is 6.30. The summed E-state index contributed by atoms with van der Waals surface area (Å²) in [6.45, 7) is 0.602. The molecule has 0 radical (unpaired) electrons. The molecule has 0 aliphatic heterocycles. The van der Waals surface area contributed by atoms with Crippen molar-refractivity contribution in [2.45, 2.75) is 25.3 Å². The Kier molecular flexibility index (Phi) is 5.34. The Bertz CT molecular complexity index is 398. The van der Waals surface area contributed by atoms with Crippen LogP contribution >= 0.6 is 11.6 Å². The van der Waals surface area contributed by atoms with Crippen molar-refractivity contribution in [2.24, 2.45) is 11.5 Å². The monoisotopic (exact) mass is 257 g/mol. The Morgan fingerprint density at radius 3 is 2.71 bits per heavy atom. The molecular formula is C11H16ClN3O2. The van der Waals surface area contributed by atoms with Gasteiger partial charge in [0.15, 0.2) is 0 Å². The number of hydrogen-bond acceptors (Lipinski definition) is 4. The average molecular weight is 258 g/mol. The zero-order chi connectivity index (χ0) is 12.8. The van der Waals surface area contributed by atoms with Crippen molar-refractivity contribution in [3.63, 3.8) is 0 Å². The Morgan fingerprint density at radius 1 is 1.41 bits per heavy atom. The molecule has 1 rings (SSSR count). The largest absolute Gasteiger partial charge is 0.330 e. The van der Waals surface area contributed by atoms with Crippen LogP contribution in [0.5, 0.6) is 0 Å². The van der Waals surface area contributed by atoms with Crippen LogP contribution in [0.1, 0.15) is 30.9 Å². The maximum absolute atomic E-state index is 10.9. The molecule has 0 fully saturated rings. The van der Waals surface area contributed by atoms with Crippen LogP contribution in [0.3, 0.4) is 0 Å². The lowest BCUT2D eigenvalue weighted by Crippen LogP contribution is -2.13. The summed E-state index contributed by atoms with van der Waals surface area (Å²) in [6, 6.07) is 4.07. The second kappa shape index (κ2) is 6.54. The summed E-state index contributed by atoms with van der Waals surface area (Å²) in [4.78, 5) is 10.4. The van der Waals surface area contributed by atoms with E-state index in [0.29, 0.717) is 23.6 Å². The van der Waals surface area contributed by atoms with E-state index in [1.165, 1.54) is 12.1 Å². The number of nitrogens with zero attached hydrogens (tertiary/aromatic N) is 1. The van der Waals surface area contributed by atoms with Crippen LogP contribution in [0, 0.1) is 10.1 Å². The highest BCUT2D eigenvalue weighted by Gasteiger charge is 2.19. The fourth-order valence-corrected chi connectivity index (χ4v) is 1.83. The number of hydrogen-bond donors (Lipinski definition) is 2. The van der Waals surface area contributed by atoms with Gasteiger partial charge in [-0.2, -0.15) is 0 Å². The van der Waals surface area contributed by atoms with E-state index in [9.17, 15) is 10.1 Å². The van der Waals surface area contributed by atoms with Crippen molar-refractivity contribution in [2.75, 3.05) is 6.54 Å². The van der Waals surface area contributed by atoms with Crippen molar-refractivity contribution in [1.29, 1.82) is 0 Å². The van der Waals surface area contributed by atoms with Crippen molar-refractivity contribution >= 4 is 17.3 Å². The lowest BCUT2D eigenvalue weighted by Gasteiger charge is -2.12. The van der Waals surface area contributed by atoms with Gasteiger partial charge < -0.3 is 11.5 Å². The van der Waals surface area contributed by atoms with E-state index < -0.39 is 4.92 Å². The van der Waals surface area contributed by atoms with Crippen molar-refractivity contribution in [3.05, 3.63) is 38.9 Å². The first-order valence-electron chi connectivity index (χ1n) is 5.45. The normalized spacial score (nSPS) is 12.4. The van der Waals surface area contributed by atoms with Gasteiger partial charge in [-0.1, -0.05) is 18.0 Å². The van der Waals surface area contributed by atoms with Gasteiger partial charge in [-0.3, -0.25) is 10.1 Å². The van der Waals surface area contributed by atoms with Gasteiger partial charge in [-0.15, -0.1) is 0 Å². The highest BCUT2D eigenvalue weighted by atomic mass is 35.5. The van der Waals surface area contributed by atoms with Crippen molar-refractivity contribution in [1.82, 2.24) is 0 Å². The minimum Gasteiger partial charge on any atom is -0.330 e. The lowest BCUT2D eigenvalue weighted by atomic mass is 10.0. The van der Waals surface area contributed by atoms with Gasteiger partial charge >= 0.3 is 0 Å². The van der Waals surface area contributed by atoms with Gasteiger partial charge in [0.05, 0.1) is 4.92 Å². The summed E-state index contributed by atoms with van der Waals surface area (Å²) < 4.78 is 0. The third-order valence-electron chi connectivity index (χ3n) is 2.55. The minimum absolute atomic E-state index is 0.0228. The summed E-state index contributed by atoms with van der Waals surface area (Å²) in [6.07, 6.45) is 2.38. The highest BCUT2D eigenvalue weighted by Crippen LogP contribution is 2.29. The summed E-state index contributed by atoms with van der Waals surface area (Å²) in [5, 5.41) is 11.3. The second-order valence-electron chi connectivity index (χ2n) is 3.85. The van der Waals surface area contributed by atoms with Crippen LogP contribution < -0.4 is 11.5 Å². The predicted octanol–water partition coefficient (Wildman–Crippen LogP) is 2.38. The van der Waals surface area contributed by atoms with Crippen LogP contribution in [0.4, 0.5) is 5.69 Å². The van der Waals surface area contributed by atoms with E-state index in [0.717, 1.165) is 12.8 Å². The molecule has 0 aliphatic rings. The Balaban J connectivity index is 2.86. The van der Waals surface area contributed by atoms with E-state index in [4.69, 9.17) is 23.1 Å². The Labute approximate surface area is 105 Å². The Morgan fingerprint density at radius 2 is 2.12 bits per heavy atom. The zero-order valence-corrected chi connectivity index (χ0v) is 10.2. The quantitative estimate of drug-likeness (QED) is 0.465. The molecule has 0 spiro atoms. The first-order chi connectivity index (χ1) is 8.06. The molecule has 4 N–H and O–H groups in total. The first kappa shape index (κ1) is 13.9. The van der Waals surface area contributed by atoms with Gasteiger partial charge in [0.25, 0.3) is 5.69 Å². The smallest absolute Gasteiger partial charge is 0.274 e. The van der Waals surface area contributed by atoms with Gasteiger partial charge in [-0.25, -0.2) is 0 Å². The molecule has 1 aromatic carbocycles. The molecule has 1 aromatic rings. The van der Waals surface area contributed by atoms with Crippen molar-refractivity contribution < 1.29 is 4.92 Å². The van der Waals surface area contributed by atoms with Gasteiger partial charge in [0.2, 0.25) is 0 Å². The summed E-state index contributed by atoms with van der Waals surface area (Å²) in [5.74, 6) is 0. The SMILES string of the molecule is NCCCC[C@@H](N)c1cc(Cl)ccc1[N+](=O)[O-]. The van der Waals surface area contributed by atoms with Gasteiger partial charge in [-0.05, 0) is 31.5 Å². The maximum Gasteiger partial charge on any atom is 0.274 e. The molecule has 94 valence electrons. The van der Waals surface area contributed by atoms with E-state index in [1.807, 2.05) is 0 Å². The third-order valence-corrected chi connectivity index (χ3v) is 2.79. The molecule has 6 heteroatoms. The number of benzene rings is 1. The second-order valence-corrected chi connectivity index (χ2v) is 4.29. The Hall–Kier alpha value is -1.17. The first-order valence-corrected chi connectivity index (χ1v) is 5.83. The molecular weight excluding hydrogens is 242 g/mol. The molecule has 0 aliphatic carbocycles. The molecule has 1 atom stereocenters. The van der Waals surface area contributed by atoms with E-state index >= 15 is 0 Å². The summed E-state index contributed by atoms with van der Waals surface area (Å²) >= 11 is 5.83. The molecule has 17 heavy (non-hydrogen) atoms. The van der Waals surface area contributed by atoms with E-state index in [2.05, 4.69) is 0 Å². The molecule has 0 saturated carbocycles. The molecule has 0 saturated heterocycles. The number of nitro groups is 1. The number of rotatable bonds is 6. The lowest BCUT2D eigenvalue weighted by molar-refractivity contribution is -0.385. The topological polar surface area (TPSA) is 95.2 Å². The fourth-order valence-electron chi connectivity index (χ4n) is 1.65. The standard InChI is InChI=1S/C11H16ClN3O2/c12-8-4-5-11(15(16)17)9(7-8)10(14)3-1-2-6-13/h4-5,7,10H,1-3,6,13-14H2/t10-/m1/s1. The van der Waals surface area contributed by atoms with Gasteiger partial charge in [0.1, 0.15) is 0 Å². The average Bonchev–Trinajstić information content (AvgIpc) is 2.28. The summed E-state index contributed by atoms with van der Waals surface area (Å²) in [5.41, 5.74) is 11.8. The third kappa shape index (κ3) is 3.96. The van der Waals surface area contributed by atoms with E-state index in [1.54, 1.807) is 6.07 Å². The molecule has 0 bridgehead atoms. The van der Waals surface area contributed by atoms with Crippen molar-refractivity contribution in [3.8, 4) is 0 Å². The molecule has 5 nitrogen and oxygen atoms in total. The molecule has 0 amide bonds. The maximum atomic E-state index is 10.9. The number of nitro benzene ring substituents is 1. The number of halogens is 1. The van der Waals surface area contributed by atoms with Crippen LogP contribution in [0.25, 0.3) is 0 Å². The molecule has 0 unspecified atom stereocenters. The van der Waals surface area contributed by atoms with Crippen LogP contribution in [0.15, 0.2) is 18.2 Å². The molecule has 0 aromatic heterocycles. The van der Waals surface area contributed by atoms with E-state index in [-0.39, 0.29) is 11.7 Å². The van der Waals surface area contributed by atoms with Crippen LogP contribution in [-0.2, 0) is 0 Å². The fraction of sp³-hybridized carbons (Fsp3) is 0.455.